The maximum Gasteiger partial charge on any atom is 0.253 e. The normalized spacial score (nSPS) is 14.8. The smallest absolute Gasteiger partial charge is 0.253 e. The van der Waals surface area contributed by atoms with Gasteiger partial charge in [-0.05, 0) is 61.2 Å². The van der Waals surface area contributed by atoms with E-state index in [9.17, 15) is 9.59 Å². The number of rotatable bonds is 5. The third-order valence-electron chi connectivity index (χ3n) is 5.00. The molecule has 1 N–H and O–H groups in total. The second-order valence-electron chi connectivity index (χ2n) is 7.01. The van der Waals surface area contributed by atoms with Crippen LogP contribution in [0, 0.1) is 5.92 Å². The van der Waals surface area contributed by atoms with Crippen LogP contribution in [0.2, 0.25) is 5.02 Å². The lowest BCUT2D eigenvalue weighted by molar-refractivity contribution is -0.121. The fourth-order valence-electron chi connectivity index (χ4n) is 3.41. The molecular weight excluding hydrogens is 360 g/mol. The molecule has 2 aromatic rings. The summed E-state index contributed by atoms with van der Waals surface area (Å²) in [5, 5.41) is 3.62. The zero-order chi connectivity index (χ0) is 19.2. The molecule has 5 heteroatoms. The summed E-state index contributed by atoms with van der Waals surface area (Å²) in [6, 6.07) is 15.0. The van der Waals surface area contributed by atoms with Crippen LogP contribution in [0.1, 0.15) is 42.1 Å². The van der Waals surface area contributed by atoms with Gasteiger partial charge in [0.2, 0.25) is 5.91 Å². The molecule has 4 nitrogen and oxygen atoms in total. The Kier molecular flexibility index (Phi) is 6.51. The van der Waals surface area contributed by atoms with Gasteiger partial charge in [-0.3, -0.25) is 9.59 Å². The van der Waals surface area contributed by atoms with E-state index in [1.165, 1.54) is 5.56 Å². The highest BCUT2D eigenvalue weighted by Crippen LogP contribution is 2.22. The lowest BCUT2D eigenvalue weighted by Gasteiger charge is -2.31. The predicted octanol–water partition coefficient (Wildman–Crippen LogP) is 4.78. The van der Waals surface area contributed by atoms with E-state index in [-0.39, 0.29) is 17.7 Å². The molecule has 0 unspecified atom stereocenters. The van der Waals surface area contributed by atoms with Crippen molar-refractivity contribution in [3.8, 4) is 0 Å². The van der Waals surface area contributed by atoms with E-state index in [2.05, 4.69) is 24.4 Å². The van der Waals surface area contributed by atoms with E-state index >= 15 is 0 Å². The summed E-state index contributed by atoms with van der Waals surface area (Å²) in [6.07, 6.45) is 3.52. The lowest BCUT2D eigenvalue weighted by Crippen LogP contribution is -2.41. The monoisotopic (exact) mass is 384 g/mol. The Morgan fingerprint density at radius 1 is 1.04 bits per heavy atom. The van der Waals surface area contributed by atoms with E-state index in [0.717, 1.165) is 18.5 Å². The minimum absolute atomic E-state index is 0.00274. The van der Waals surface area contributed by atoms with Gasteiger partial charge in [0.05, 0.1) is 0 Å². The number of nitrogens with zero attached hydrogens (tertiary/aromatic N) is 1. The Hall–Kier alpha value is -2.33. The van der Waals surface area contributed by atoms with Crippen LogP contribution in [-0.2, 0) is 11.2 Å². The Bertz CT molecular complexity index is 779. The number of hydrogen-bond acceptors (Lipinski definition) is 2. The van der Waals surface area contributed by atoms with Crippen LogP contribution in [0.3, 0.4) is 0 Å². The number of benzene rings is 2. The Morgan fingerprint density at radius 2 is 1.67 bits per heavy atom. The van der Waals surface area contributed by atoms with Gasteiger partial charge < -0.3 is 10.2 Å². The third-order valence-corrected chi connectivity index (χ3v) is 5.26. The summed E-state index contributed by atoms with van der Waals surface area (Å²) in [6.45, 7) is 3.34. The van der Waals surface area contributed by atoms with Crippen LogP contribution in [-0.4, -0.2) is 29.8 Å². The van der Waals surface area contributed by atoms with Gasteiger partial charge in [0.15, 0.2) is 0 Å². The van der Waals surface area contributed by atoms with Crippen molar-refractivity contribution < 1.29 is 9.59 Å². The maximum atomic E-state index is 12.5. The Morgan fingerprint density at radius 3 is 2.26 bits per heavy atom. The van der Waals surface area contributed by atoms with Crippen molar-refractivity contribution in [1.29, 1.82) is 0 Å². The number of anilines is 1. The van der Waals surface area contributed by atoms with E-state index < -0.39 is 0 Å². The maximum absolute atomic E-state index is 12.5. The number of carbonyl (C=O) groups excluding carboxylic acids is 2. The van der Waals surface area contributed by atoms with Crippen LogP contribution in [0.15, 0.2) is 48.5 Å². The summed E-state index contributed by atoms with van der Waals surface area (Å²) >= 11 is 5.88. The van der Waals surface area contributed by atoms with Crippen LogP contribution < -0.4 is 5.32 Å². The number of carbonyl (C=O) groups is 2. The molecule has 0 atom stereocenters. The average molecular weight is 385 g/mol. The predicted molar refractivity (Wildman–Crippen MR) is 109 cm³/mol. The van der Waals surface area contributed by atoms with E-state index in [0.29, 0.717) is 36.5 Å². The molecule has 2 amide bonds. The number of amides is 2. The van der Waals surface area contributed by atoms with Crippen LogP contribution >= 0.6 is 11.6 Å². The first-order valence-electron chi connectivity index (χ1n) is 9.51. The Labute approximate surface area is 165 Å². The average Bonchev–Trinajstić information content (AvgIpc) is 2.70. The van der Waals surface area contributed by atoms with Crippen molar-refractivity contribution >= 4 is 29.1 Å². The van der Waals surface area contributed by atoms with Gasteiger partial charge in [0.1, 0.15) is 0 Å². The summed E-state index contributed by atoms with van der Waals surface area (Å²) < 4.78 is 0. The first-order valence-corrected chi connectivity index (χ1v) is 9.89. The van der Waals surface area contributed by atoms with E-state index in [4.69, 9.17) is 11.6 Å². The zero-order valence-electron chi connectivity index (χ0n) is 15.6. The minimum atomic E-state index is -0.0606. The number of likely N-dealkylation sites (tertiary alicyclic amines) is 1. The summed E-state index contributed by atoms with van der Waals surface area (Å²) in [4.78, 5) is 26.9. The molecule has 142 valence electrons. The molecule has 0 aliphatic carbocycles. The van der Waals surface area contributed by atoms with Crippen LogP contribution in [0.4, 0.5) is 5.69 Å². The van der Waals surface area contributed by atoms with Crippen molar-refractivity contribution in [3.63, 3.8) is 0 Å². The molecule has 2 aromatic carbocycles. The molecule has 1 aliphatic heterocycles. The molecule has 0 saturated carbocycles. The molecule has 0 aromatic heterocycles. The second-order valence-corrected chi connectivity index (χ2v) is 7.45. The fraction of sp³-hybridized carbons (Fsp3) is 0.364. The fourth-order valence-corrected chi connectivity index (χ4v) is 3.53. The third kappa shape index (κ3) is 5.10. The molecule has 0 radical (unpaired) electrons. The summed E-state index contributed by atoms with van der Waals surface area (Å²) in [7, 11) is 0. The molecule has 1 saturated heterocycles. The molecule has 1 aliphatic rings. The Balaban J connectivity index is 1.51. The van der Waals surface area contributed by atoms with Crippen molar-refractivity contribution in [1.82, 2.24) is 4.90 Å². The van der Waals surface area contributed by atoms with Crippen molar-refractivity contribution in [2.45, 2.75) is 32.6 Å². The quantitative estimate of drug-likeness (QED) is 0.806. The highest BCUT2D eigenvalue weighted by molar-refractivity contribution is 6.30. The van der Waals surface area contributed by atoms with Gasteiger partial charge in [-0.2, -0.15) is 0 Å². The van der Waals surface area contributed by atoms with Gasteiger partial charge in [0.25, 0.3) is 5.91 Å². The molecule has 0 spiro atoms. The number of aryl methyl sites for hydroxylation is 1. The van der Waals surface area contributed by atoms with Crippen LogP contribution in [0.25, 0.3) is 0 Å². The van der Waals surface area contributed by atoms with Gasteiger partial charge in [-0.1, -0.05) is 37.1 Å². The SMILES string of the molecule is CCCc1ccc(NC(=O)C2CCN(C(=O)c3ccc(Cl)cc3)CC2)cc1. The van der Waals surface area contributed by atoms with E-state index in [1.807, 2.05) is 17.0 Å². The molecule has 1 heterocycles. The van der Waals surface area contributed by atoms with Crippen LogP contribution in [0.5, 0.6) is 0 Å². The first kappa shape index (κ1) is 19.4. The number of hydrogen-bond donors (Lipinski definition) is 1. The van der Waals surface area contributed by atoms with Gasteiger partial charge in [-0.15, -0.1) is 0 Å². The standard InChI is InChI=1S/C22H25ClN2O2/c1-2-3-16-4-10-20(11-5-16)24-21(26)17-12-14-25(15-13-17)22(27)18-6-8-19(23)9-7-18/h4-11,17H,2-3,12-15H2,1H3,(H,24,26). The minimum Gasteiger partial charge on any atom is -0.339 e. The zero-order valence-corrected chi connectivity index (χ0v) is 16.3. The first-order chi connectivity index (χ1) is 13.1. The number of piperidine rings is 1. The molecule has 0 bridgehead atoms. The molecule has 1 fully saturated rings. The van der Waals surface area contributed by atoms with Gasteiger partial charge in [0, 0.05) is 35.3 Å². The highest BCUT2D eigenvalue weighted by atomic mass is 35.5. The number of nitrogens with one attached hydrogen (secondary N) is 1. The molecular formula is C22H25ClN2O2. The largest absolute Gasteiger partial charge is 0.339 e. The highest BCUT2D eigenvalue weighted by Gasteiger charge is 2.27. The summed E-state index contributed by atoms with van der Waals surface area (Å²) in [5.41, 5.74) is 2.75. The van der Waals surface area contributed by atoms with Gasteiger partial charge in [-0.25, -0.2) is 0 Å². The van der Waals surface area contributed by atoms with Crippen molar-refractivity contribution in [3.05, 3.63) is 64.7 Å². The number of halogens is 1. The van der Waals surface area contributed by atoms with Crippen molar-refractivity contribution in [2.24, 2.45) is 5.92 Å². The molecule has 3 rings (SSSR count). The molecule has 27 heavy (non-hydrogen) atoms. The van der Waals surface area contributed by atoms with E-state index in [1.54, 1.807) is 24.3 Å². The second kappa shape index (κ2) is 9.05. The van der Waals surface area contributed by atoms with Crippen molar-refractivity contribution in [2.75, 3.05) is 18.4 Å². The summed E-state index contributed by atoms with van der Waals surface area (Å²) in [5.74, 6) is -0.0246. The topological polar surface area (TPSA) is 49.4 Å². The van der Waals surface area contributed by atoms with Gasteiger partial charge >= 0.3 is 0 Å². The lowest BCUT2D eigenvalue weighted by atomic mass is 9.95.